The minimum Gasteiger partial charge on any atom is -0.289 e. The Morgan fingerprint density at radius 1 is 0.833 bits per heavy atom. The molecule has 2 rings (SSSR count). The van der Waals surface area contributed by atoms with Crippen molar-refractivity contribution in [2.45, 2.75) is 65.5 Å². The number of hydrogen-bond acceptors (Lipinski definition) is 4. The summed E-state index contributed by atoms with van der Waals surface area (Å²) < 4.78 is 0. The summed E-state index contributed by atoms with van der Waals surface area (Å²) in [5.41, 5.74) is 2.79. The van der Waals surface area contributed by atoms with E-state index in [0.29, 0.717) is 0 Å². The zero-order chi connectivity index (χ0) is 13.6. The van der Waals surface area contributed by atoms with Gasteiger partial charge in [-0.3, -0.25) is 10.0 Å². The molecule has 0 atom stereocenters. The maximum absolute atomic E-state index is 4.64. The van der Waals surface area contributed by atoms with E-state index >= 15 is 0 Å². The minimum absolute atomic E-state index is 0.159. The van der Waals surface area contributed by atoms with E-state index in [1.54, 1.807) is 0 Å². The Morgan fingerprint density at radius 3 is 1.39 bits per heavy atom. The van der Waals surface area contributed by atoms with E-state index in [4.69, 9.17) is 0 Å². The number of hydrazone groups is 2. The molecule has 0 aromatic rings. The molecule has 102 valence electrons. The lowest BCUT2D eigenvalue weighted by atomic mass is 9.98. The predicted molar refractivity (Wildman–Crippen MR) is 77.0 cm³/mol. The highest BCUT2D eigenvalue weighted by Crippen LogP contribution is 2.29. The molecule has 0 amide bonds. The summed E-state index contributed by atoms with van der Waals surface area (Å²) >= 11 is 0. The highest BCUT2D eigenvalue weighted by Gasteiger charge is 2.35. The lowest BCUT2D eigenvalue weighted by Crippen LogP contribution is -2.44. The van der Waals surface area contributed by atoms with Gasteiger partial charge in [0.25, 0.3) is 0 Å². The number of nitrogens with zero attached hydrogens (tertiary/aromatic N) is 4. The van der Waals surface area contributed by atoms with Crippen molar-refractivity contribution in [3.63, 3.8) is 0 Å². The van der Waals surface area contributed by atoms with Gasteiger partial charge in [0, 0.05) is 24.3 Å². The van der Waals surface area contributed by atoms with E-state index in [1.165, 1.54) is 11.4 Å². The topological polar surface area (TPSA) is 31.2 Å². The van der Waals surface area contributed by atoms with Crippen LogP contribution in [0.3, 0.4) is 0 Å². The Hall–Kier alpha value is -1.06. The van der Waals surface area contributed by atoms with Crippen molar-refractivity contribution in [1.29, 1.82) is 0 Å². The van der Waals surface area contributed by atoms with Crippen molar-refractivity contribution in [3.8, 4) is 0 Å². The van der Waals surface area contributed by atoms with Gasteiger partial charge >= 0.3 is 0 Å². The van der Waals surface area contributed by atoms with Crippen molar-refractivity contribution in [2.24, 2.45) is 10.2 Å². The van der Waals surface area contributed by atoms with E-state index in [9.17, 15) is 0 Å². The van der Waals surface area contributed by atoms with Gasteiger partial charge in [0.2, 0.25) is 0 Å². The second-order valence-corrected chi connectivity index (χ2v) is 6.90. The maximum Gasteiger partial charge on any atom is 0.0576 e. The van der Waals surface area contributed by atoms with Crippen LogP contribution in [0.5, 0.6) is 0 Å². The van der Waals surface area contributed by atoms with E-state index in [2.05, 4.69) is 61.8 Å². The summed E-state index contributed by atoms with van der Waals surface area (Å²) in [6.45, 7) is 15.2. The fourth-order valence-corrected chi connectivity index (χ4v) is 3.08. The van der Waals surface area contributed by atoms with Crippen LogP contribution in [0.25, 0.3) is 0 Å². The van der Waals surface area contributed by atoms with Crippen LogP contribution < -0.4 is 0 Å². The van der Waals surface area contributed by atoms with Crippen LogP contribution in [0.2, 0.25) is 0 Å². The Morgan fingerprint density at radius 2 is 1.17 bits per heavy atom. The fraction of sp³-hybridized carbons (Fsp3) is 0.857. The molecule has 0 N–H and O–H groups in total. The maximum atomic E-state index is 4.64. The van der Waals surface area contributed by atoms with E-state index < -0.39 is 0 Å². The van der Waals surface area contributed by atoms with Crippen molar-refractivity contribution < 1.29 is 0 Å². The van der Waals surface area contributed by atoms with Crippen LogP contribution in [0.1, 0.15) is 54.4 Å². The Kier molecular flexibility index (Phi) is 3.16. The van der Waals surface area contributed by atoms with Gasteiger partial charge in [0.05, 0.1) is 24.2 Å². The Bertz CT molecular complexity index is 355. The molecule has 18 heavy (non-hydrogen) atoms. The molecular formula is C14H26N4. The second kappa shape index (κ2) is 4.25. The second-order valence-electron chi connectivity index (χ2n) is 6.90. The zero-order valence-corrected chi connectivity index (χ0v) is 12.6. The monoisotopic (exact) mass is 250 g/mol. The molecule has 0 unspecified atom stereocenters. The molecule has 0 radical (unpaired) electrons. The third-order valence-electron chi connectivity index (χ3n) is 3.88. The molecule has 2 aliphatic heterocycles. The first-order chi connectivity index (χ1) is 8.21. The molecule has 0 spiro atoms. The molecule has 0 aromatic carbocycles. The van der Waals surface area contributed by atoms with Crippen LogP contribution >= 0.6 is 0 Å². The predicted octanol–water partition coefficient (Wildman–Crippen LogP) is 2.71. The highest BCUT2D eigenvalue weighted by molar-refractivity contribution is 5.84. The van der Waals surface area contributed by atoms with Gasteiger partial charge in [-0.15, -0.1) is 0 Å². The molecule has 0 saturated carbocycles. The van der Waals surface area contributed by atoms with Crippen LogP contribution in [0.4, 0.5) is 0 Å². The first-order valence-electron chi connectivity index (χ1n) is 6.84. The van der Waals surface area contributed by atoms with Gasteiger partial charge in [-0.2, -0.15) is 10.2 Å². The van der Waals surface area contributed by atoms with Crippen molar-refractivity contribution in [3.05, 3.63) is 0 Å². The quantitative estimate of drug-likeness (QED) is 0.771. The van der Waals surface area contributed by atoms with Crippen molar-refractivity contribution in [2.75, 3.05) is 13.1 Å². The number of rotatable bonds is 3. The minimum atomic E-state index is 0.159. The largest absolute Gasteiger partial charge is 0.289 e. The third-order valence-corrected chi connectivity index (χ3v) is 3.88. The molecule has 0 aromatic heterocycles. The SMILES string of the molecule is CC1=NN(CCN2N=C(C)CC2(C)C)C(C)(C)C1. The lowest BCUT2D eigenvalue weighted by Gasteiger charge is -2.35. The Balaban J connectivity index is 1.96. The number of hydrogen-bond donors (Lipinski definition) is 0. The molecular weight excluding hydrogens is 224 g/mol. The summed E-state index contributed by atoms with van der Waals surface area (Å²) in [5, 5.41) is 13.7. The Labute approximate surface area is 111 Å². The van der Waals surface area contributed by atoms with Crippen LogP contribution in [-0.2, 0) is 0 Å². The first-order valence-corrected chi connectivity index (χ1v) is 6.84. The summed E-state index contributed by atoms with van der Waals surface area (Å²) in [6.07, 6.45) is 2.14. The average Bonchev–Trinajstić information content (AvgIpc) is 2.58. The summed E-state index contributed by atoms with van der Waals surface area (Å²) in [7, 11) is 0. The molecule has 4 nitrogen and oxygen atoms in total. The van der Waals surface area contributed by atoms with E-state index in [1.807, 2.05) is 0 Å². The van der Waals surface area contributed by atoms with Crippen LogP contribution in [0, 0.1) is 0 Å². The summed E-state index contributed by atoms with van der Waals surface area (Å²) in [4.78, 5) is 0. The molecule has 2 heterocycles. The van der Waals surface area contributed by atoms with Gasteiger partial charge in [-0.05, 0) is 41.5 Å². The summed E-state index contributed by atoms with van der Waals surface area (Å²) in [5.74, 6) is 0. The van der Waals surface area contributed by atoms with Gasteiger partial charge in [-0.25, -0.2) is 0 Å². The van der Waals surface area contributed by atoms with Gasteiger partial charge in [0.15, 0.2) is 0 Å². The lowest BCUT2D eigenvalue weighted by molar-refractivity contribution is 0.0932. The smallest absolute Gasteiger partial charge is 0.0576 e. The van der Waals surface area contributed by atoms with E-state index in [-0.39, 0.29) is 11.1 Å². The van der Waals surface area contributed by atoms with E-state index in [0.717, 1.165) is 25.9 Å². The molecule has 0 fully saturated rings. The average molecular weight is 250 g/mol. The fourth-order valence-electron chi connectivity index (χ4n) is 3.08. The van der Waals surface area contributed by atoms with Gasteiger partial charge < -0.3 is 0 Å². The van der Waals surface area contributed by atoms with Crippen molar-refractivity contribution >= 4 is 11.4 Å². The molecule has 0 saturated heterocycles. The molecule has 4 heteroatoms. The standard InChI is InChI=1S/C14H26N4/c1-11-9-13(3,4)17(15-11)7-8-18-14(5,6)10-12(2)16-18/h7-10H2,1-6H3. The normalized spacial score (nSPS) is 25.4. The highest BCUT2D eigenvalue weighted by atomic mass is 15.6. The van der Waals surface area contributed by atoms with Gasteiger partial charge in [0.1, 0.15) is 0 Å². The molecule has 0 aliphatic carbocycles. The van der Waals surface area contributed by atoms with Crippen LogP contribution in [-0.4, -0.2) is 45.6 Å². The van der Waals surface area contributed by atoms with Crippen LogP contribution in [0.15, 0.2) is 10.2 Å². The van der Waals surface area contributed by atoms with Crippen molar-refractivity contribution in [1.82, 2.24) is 10.0 Å². The summed E-state index contributed by atoms with van der Waals surface area (Å²) in [6, 6.07) is 0. The zero-order valence-electron chi connectivity index (χ0n) is 12.6. The van der Waals surface area contributed by atoms with Gasteiger partial charge in [-0.1, -0.05) is 0 Å². The third kappa shape index (κ3) is 2.52. The molecule has 0 bridgehead atoms. The first kappa shape index (κ1) is 13.4. The molecule has 2 aliphatic rings.